The topological polar surface area (TPSA) is 72.6 Å². The molecule has 1 aromatic heterocycles. The third-order valence-corrected chi connectivity index (χ3v) is 7.84. The molecule has 7 nitrogen and oxygen atoms in total. The number of nitrogens with zero attached hydrogens (tertiary/aromatic N) is 4. The molecule has 3 aliphatic rings. The Balaban J connectivity index is 1.23. The molecule has 2 aromatic rings. The standard InChI is InChI=1S/C25H28FN6OP/c1-3-31-15-21-25(31)34-23(14-27-21)29-16(2)19-12-18(7-8-20(19)26)30-24(33)17-6-9-22(28-13-17)32-10-4-5-11-32/h6-9,12-16,23,29,34H,3-5,10-11H2,1-2H3/p+1. The molecule has 3 aliphatic heterocycles. The number of carbonyl (C=O) groups is 1. The predicted molar refractivity (Wildman–Crippen MR) is 136 cm³/mol. The summed E-state index contributed by atoms with van der Waals surface area (Å²) in [7, 11) is 0.542. The number of rotatable bonds is 7. The van der Waals surface area contributed by atoms with Gasteiger partial charge >= 0.3 is 0 Å². The summed E-state index contributed by atoms with van der Waals surface area (Å²) in [6.45, 7) is 6.98. The first-order chi connectivity index (χ1) is 16.5. The van der Waals surface area contributed by atoms with E-state index < -0.39 is 0 Å². The van der Waals surface area contributed by atoms with Crippen molar-refractivity contribution in [1.82, 2.24) is 10.3 Å². The van der Waals surface area contributed by atoms with Crippen LogP contribution in [-0.4, -0.2) is 53.3 Å². The molecule has 0 radical (unpaired) electrons. The second-order valence-electron chi connectivity index (χ2n) is 8.73. The predicted octanol–water partition coefficient (Wildman–Crippen LogP) is 4.10. The summed E-state index contributed by atoms with van der Waals surface area (Å²) in [4.78, 5) is 23.9. The molecule has 4 heterocycles. The largest absolute Gasteiger partial charge is 0.357 e. The van der Waals surface area contributed by atoms with E-state index in [2.05, 4.69) is 43.2 Å². The Morgan fingerprint density at radius 1 is 1.29 bits per heavy atom. The average molecular weight is 480 g/mol. The molecule has 1 fully saturated rings. The zero-order chi connectivity index (χ0) is 23.7. The zero-order valence-electron chi connectivity index (χ0n) is 19.4. The van der Waals surface area contributed by atoms with Crippen molar-refractivity contribution in [3.8, 4) is 0 Å². The van der Waals surface area contributed by atoms with Crippen molar-refractivity contribution in [2.75, 3.05) is 29.9 Å². The minimum atomic E-state index is -0.308. The van der Waals surface area contributed by atoms with Gasteiger partial charge in [0.05, 0.1) is 11.3 Å². The van der Waals surface area contributed by atoms with Crippen LogP contribution < -0.4 is 15.5 Å². The summed E-state index contributed by atoms with van der Waals surface area (Å²) in [5.74, 6) is 0.377. The Labute approximate surface area is 200 Å². The smallest absolute Gasteiger partial charge is 0.257 e. The molecule has 2 N–H and O–H groups in total. The lowest BCUT2D eigenvalue weighted by Gasteiger charge is -2.26. The lowest BCUT2D eigenvalue weighted by atomic mass is 10.1. The van der Waals surface area contributed by atoms with E-state index in [1.807, 2.05) is 19.2 Å². The van der Waals surface area contributed by atoms with Gasteiger partial charge in [-0.15, -0.1) is 0 Å². The number of allylic oxidation sites excluding steroid dienone is 1. The average Bonchev–Trinajstić information content (AvgIpc) is 3.37. The molecule has 3 unspecified atom stereocenters. The molecule has 1 amide bonds. The number of aliphatic imine (C=N–C) groups is 1. The Bertz CT molecular complexity index is 1190. The molecule has 0 aliphatic carbocycles. The Morgan fingerprint density at radius 2 is 2.12 bits per heavy atom. The van der Waals surface area contributed by atoms with Gasteiger partial charge in [-0.25, -0.2) is 14.4 Å². The highest BCUT2D eigenvalue weighted by Crippen LogP contribution is 2.39. The number of hydrogen-bond acceptors (Lipinski definition) is 5. The van der Waals surface area contributed by atoms with Crippen molar-refractivity contribution in [2.24, 2.45) is 4.99 Å². The van der Waals surface area contributed by atoms with Gasteiger partial charge in [0.2, 0.25) is 11.7 Å². The second kappa shape index (κ2) is 9.72. The molecule has 1 aromatic carbocycles. The first-order valence-corrected chi connectivity index (χ1v) is 12.8. The zero-order valence-corrected chi connectivity index (χ0v) is 20.4. The van der Waals surface area contributed by atoms with Crippen LogP contribution in [0.5, 0.6) is 0 Å². The summed E-state index contributed by atoms with van der Waals surface area (Å²) in [5, 5.41) is 6.35. The van der Waals surface area contributed by atoms with Crippen molar-refractivity contribution in [3.05, 3.63) is 64.6 Å². The number of amides is 1. The highest BCUT2D eigenvalue weighted by Gasteiger charge is 2.33. The highest BCUT2D eigenvalue weighted by atomic mass is 31.1. The fraction of sp³-hybridized carbons (Fsp3) is 0.360. The normalized spacial score (nSPS) is 20.7. The lowest BCUT2D eigenvalue weighted by Crippen LogP contribution is -2.35. The highest BCUT2D eigenvalue weighted by molar-refractivity contribution is 7.44. The maximum atomic E-state index is 14.7. The summed E-state index contributed by atoms with van der Waals surface area (Å²) < 4.78 is 16.9. The third-order valence-electron chi connectivity index (χ3n) is 6.39. The minimum absolute atomic E-state index is 0.0503. The number of nitrogens with one attached hydrogen (secondary N) is 2. The molecule has 0 bridgehead atoms. The number of halogens is 1. The Hall–Kier alpha value is -2.96. The van der Waals surface area contributed by atoms with E-state index in [4.69, 9.17) is 0 Å². The van der Waals surface area contributed by atoms with Crippen LogP contribution in [0.2, 0.25) is 0 Å². The van der Waals surface area contributed by atoms with Gasteiger partial charge in [-0.2, -0.15) is 4.58 Å². The van der Waals surface area contributed by atoms with Gasteiger partial charge < -0.3 is 10.2 Å². The molecular weight excluding hydrogens is 450 g/mol. The Kier molecular flexibility index (Phi) is 6.53. The fourth-order valence-electron chi connectivity index (χ4n) is 4.45. The number of aromatic nitrogens is 1. The van der Waals surface area contributed by atoms with Crippen molar-refractivity contribution in [2.45, 2.75) is 38.5 Å². The Morgan fingerprint density at radius 3 is 2.85 bits per heavy atom. The molecule has 34 heavy (non-hydrogen) atoms. The molecule has 9 heteroatoms. The van der Waals surface area contributed by atoms with E-state index in [0.29, 0.717) is 25.4 Å². The van der Waals surface area contributed by atoms with Gasteiger partial charge in [0, 0.05) is 51.4 Å². The molecule has 0 saturated carbocycles. The van der Waals surface area contributed by atoms with Crippen LogP contribution in [0.3, 0.4) is 0 Å². The lowest BCUT2D eigenvalue weighted by molar-refractivity contribution is -0.467. The molecular formula is C25H29FN6OP+. The molecule has 0 spiro atoms. The van der Waals surface area contributed by atoms with Crippen molar-refractivity contribution in [1.29, 1.82) is 0 Å². The maximum Gasteiger partial charge on any atom is 0.257 e. The summed E-state index contributed by atoms with van der Waals surface area (Å²) >= 11 is 0. The van der Waals surface area contributed by atoms with Gasteiger partial charge in [-0.05, 0) is 57.0 Å². The third kappa shape index (κ3) is 4.65. The number of carbonyl (C=O) groups excluding carboxylic acids is 1. The maximum absolute atomic E-state index is 14.7. The first kappa shape index (κ1) is 22.8. The summed E-state index contributed by atoms with van der Waals surface area (Å²) in [6, 6.07) is 8.10. The van der Waals surface area contributed by atoms with Crippen LogP contribution >= 0.6 is 8.58 Å². The van der Waals surface area contributed by atoms with Gasteiger partial charge in [-0.1, -0.05) is 0 Å². The van der Waals surface area contributed by atoms with Gasteiger partial charge in [-0.3, -0.25) is 10.1 Å². The number of hydrogen-bond donors (Lipinski definition) is 2. The van der Waals surface area contributed by atoms with Crippen molar-refractivity contribution >= 4 is 38.4 Å². The van der Waals surface area contributed by atoms with Crippen LogP contribution in [0.4, 0.5) is 15.9 Å². The van der Waals surface area contributed by atoms with E-state index in [0.717, 1.165) is 31.1 Å². The second-order valence-corrected chi connectivity index (χ2v) is 10.1. The fourth-order valence-corrected chi connectivity index (χ4v) is 5.89. The first-order valence-electron chi connectivity index (χ1n) is 11.8. The van der Waals surface area contributed by atoms with Gasteiger partial charge in [0.15, 0.2) is 5.70 Å². The molecule has 1 saturated heterocycles. The van der Waals surface area contributed by atoms with E-state index in [-0.39, 0.29) is 23.5 Å². The van der Waals surface area contributed by atoms with Crippen LogP contribution in [0.1, 0.15) is 48.7 Å². The van der Waals surface area contributed by atoms with Gasteiger partial charge in [0.1, 0.15) is 18.2 Å². The van der Waals surface area contributed by atoms with Crippen LogP contribution in [0.15, 0.2) is 52.7 Å². The monoisotopic (exact) mass is 479 g/mol. The minimum Gasteiger partial charge on any atom is -0.357 e. The number of anilines is 2. The van der Waals surface area contributed by atoms with E-state index >= 15 is 0 Å². The van der Waals surface area contributed by atoms with Crippen LogP contribution in [0.25, 0.3) is 0 Å². The number of pyridine rings is 1. The van der Waals surface area contributed by atoms with Crippen LogP contribution in [-0.2, 0) is 0 Å². The van der Waals surface area contributed by atoms with Crippen molar-refractivity contribution < 1.29 is 13.8 Å². The van der Waals surface area contributed by atoms with E-state index in [1.54, 1.807) is 24.4 Å². The van der Waals surface area contributed by atoms with E-state index in [9.17, 15) is 9.18 Å². The number of benzene rings is 1. The van der Waals surface area contributed by atoms with Crippen LogP contribution in [0, 0.1) is 5.82 Å². The quantitative estimate of drug-likeness (QED) is 0.463. The molecule has 176 valence electrons. The molecule has 5 rings (SSSR count). The summed E-state index contributed by atoms with van der Waals surface area (Å²) in [5.41, 5.74) is 3.83. The van der Waals surface area contributed by atoms with Gasteiger partial charge in [0.25, 0.3) is 5.91 Å². The summed E-state index contributed by atoms with van der Waals surface area (Å²) in [6.07, 6.45) is 7.90. The molecule has 3 atom stereocenters. The SMILES string of the molecule is CC[N+]1=CC2=C1PC(NC(C)c1cc(NC(=O)c3ccc(N4CCCC4)nc3)ccc1F)C=N2. The van der Waals surface area contributed by atoms with E-state index in [1.165, 1.54) is 24.3 Å². The van der Waals surface area contributed by atoms with Crippen molar-refractivity contribution in [3.63, 3.8) is 0 Å².